The Kier molecular flexibility index (Phi) is 2.65. The van der Waals surface area contributed by atoms with Crippen molar-refractivity contribution in [1.82, 2.24) is 0 Å². The van der Waals surface area contributed by atoms with E-state index in [0.717, 1.165) is 13.0 Å². The third-order valence-corrected chi connectivity index (χ3v) is 1.72. The van der Waals surface area contributed by atoms with E-state index in [-0.39, 0.29) is 12.2 Å². The van der Waals surface area contributed by atoms with Crippen LogP contribution in [0.2, 0.25) is 0 Å². The molecule has 0 aromatic heterocycles. The third-order valence-electron chi connectivity index (χ3n) is 1.72. The molecule has 0 aromatic carbocycles. The quantitative estimate of drug-likeness (QED) is 0.575. The molecule has 1 unspecified atom stereocenters. The molecule has 0 radical (unpaired) electrons. The molecule has 0 aliphatic carbocycles. The fourth-order valence-corrected chi connectivity index (χ4v) is 0.917. The van der Waals surface area contributed by atoms with Gasteiger partial charge in [0.25, 0.3) is 0 Å². The van der Waals surface area contributed by atoms with E-state index in [2.05, 4.69) is 0 Å². The zero-order valence-electron chi connectivity index (χ0n) is 6.30. The molecule has 60 valence electrons. The molecule has 1 heterocycles. The highest BCUT2D eigenvalue weighted by Gasteiger charge is 2.32. The van der Waals surface area contributed by atoms with Crippen molar-refractivity contribution in [2.24, 2.45) is 0 Å². The fourth-order valence-electron chi connectivity index (χ4n) is 0.917. The monoisotopic (exact) mass is 146 g/mol. The molecular weight excluding hydrogens is 132 g/mol. The number of ether oxygens (including phenoxy) is 2. The van der Waals surface area contributed by atoms with Gasteiger partial charge in [0, 0.05) is 6.42 Å². The van der Waals surface area contributed by atoms with Crippen LogP contribution in [0, 0.1) is 0 Å². The molecule has 0 bridgehead atoms. The first kappa shape index (κ1) is 7.98. The van der Waals surface area contributed by atoms with Crippen LogP contribution in [-0.2, 0) is 9.47 Å². The Morgan fingerprint density at radius 1 is 1.70 bits per heavy atom. The Hall–Kier alpha value is -0.120. The maximum Gasteiger partial charge on any atom is 0.0908 e. The SMILES string of the molecule is CC1(COCCO)CCO1. The third kappa shape index (κ3) is 1.94. The van der Waals surface area contributed by atoms with Gasteiger partial charge in [-0.3, -0.25) is 0 Å². The Balaban J connectivity index is 2.01. The summed E-state index contributed by atoms with van der Waals surface area (Å²) in [6, 6.07) is 0. The van der Waals surface area contributed by atoms with Crippen molar-refractivity contribution in [3.05, 3.63) is 0 Å². The average molecular weight is 146 g/mol. The van der Waals surface area contributed by atoms with Crippen LogP contribution in [0.25, 0.3) is 0 Å². The van der Waals surface area contributed by atoms with E-state index in [1.165, 1.54) is 0 Å². The van der Waals surface area contributed by atoms with Crippen molar-refractivity contribution in [2.45, 2.75) is 18.9 Å². The predicted octanol–water partition coefficient (Wildman–Crippen LogP) is 0.174. The van der Waals surface area contributed by atoms with Crippen molar-refractivity contribution in [2.75, 3.05) is 26.4 Å². The minimum absolute atomic E-state index is 0.0603. The zero-order valence-corrected chi connectivity index (χ0v) is 6.30. The fraction of sp³-hybridized carbons (Fsp3) is 1.00. The summed E-state index contributed by atoms with van der Waals surface area (Å²) in [4.78, 5) is 0. The topological polar surface area (TPSA) is 38.7 Å². The van der Waals surface area contributed by atoms with Crippen LogP contribution in [0.5, 0.6) is 0 Å². The van der Waals surface area contributed by atoms with Gasteiger partial charge >= 0.3 is 0 Å². The number of hydrogen-bond acceptors (Lipinski definition) is 3. The maximum absolute atomic E-state index is 8.39. The Morgan fingerprint density at radius 3 is 2.80 bits per heavy atom. The zero-order chi connectivity index (χ0) is 7.45. The standard InChI is InChI=1S/C7H14O3/c1-7(2-4-10-7)6-9-5-3-8/h8H,2-6H2,1H3. The molecule has 1 atom stereocenters. The first-order chi connectivity index (χ1) is 4.77. The van der Waals surface area contributed by atoms with E-state index >= 15 is 0 Å². The second-order valence-electron chi connectivity index (χ2n) is 2.82. The second-order valence-corrected chi connectivity index (χ2v) is 2.82. The molecule has 0 aromatic rings. The average Bonchev–Trinajstić information content (AvgIpc) is 1.85. The lowest BCUT2D eigenvalue weighted by Gasteiger charge is -2.38. The summed E-state index contributed by atoms with van der Waals surface area (Å²) in [5.74, 6) is 0. The van der Waals surface area contributed by atoms with Gasteiger partial charge in [0.15, 0.2) is 0 Å². The summed E-state index contributed by atoms with van der Waals surface area (Å²) in [7, 11) is 0. The summed E-state index contributed by atoms with van der Waals surface area (Å²) in [5, 5.41) is 8.39. The van der Waals surface area contributed by atoms with E-state index in [1.807, 2.05) is 6.92 Å². The van der Waals surface area contributed by atoms with Crippen molar-refractivity contribution in [1.29, 1.82) is 0 Å². The summed E-state index contributed by atoms with van der Waals surface area (Å²) in [5.41, 5.74) is -0.0603. The molecule has 0 amide bonds. The molecule has 0 saturated carbocycles. The molecule has 1 fully saturated rings. The molecule has 1 saturated heterocycles. The van der Waals surface area contributed by atoms with E-state index in [0.29, 0.717) is 13.2 Å². The van der Waals surface area contributed by atoms with Gasteiger partial charge in [-0.2, -0.15) is 0 Å². The molecular formula is C7H14O3. The van der Waals surface area contributed by atoms with Crippen LogP contribution in [-0.4, -0.2) is 37.1 Å². The molecule has 1 aliphatic rings. The largest absolute Gasteiger partial charge is 0.394 e. The van der Waals surface area contributed by atoms with Crippen molar-refractivity contribution >= 4 is 0 Å². The van der Waals surface area contributed by atoms with Gasteiger partial charge in [0.1, 0.15) is 0 Å². The van der Waals surface area contributed by atoms with E-state index in [9.17, 15) is 0 Å². The highest BCUT2D eigenvalue weighted by molar-refractivity contribution is 4.81. The molecule has 1 N–H and O–H groups in total. The van der Waals surface area contributed by atoms with Crippen molar-refractivity contribution < 1.29 is 14.6 Å². The Morgan fingerprint density at radius 2 is 2.40 bits per heavy atom. The summed E-state index contributed by atoms with van der Waals surface area (Å²) in [6.07, 6.45) is 1.07. The van der Waals surface area contributed by atoms with Gasteiger partial charge < -0.3 is 14.6 Å². The van der Waals surface area contributed by atoms with Gasteiger partial charge in [0.2, 0.25) is 0 Å². The number of aliphatic hydroxyl groups is 1. The van der Waals surface area contributed by atoms with Crippen LogP contribution in [0.1, 0.15) is 13.3 Å². The Labute approximate surface area is 60.9 Å². The molecule has 0 spiro atoms. The predicted molar refractivity (Wildman–Crippen MR) is 36.9 cm³/mol. The summed E-state index contributed by atoms with van der Waals surface area (Å²) in [6.45, 7) is 3.98. The summed E-state index contributed by atoms with van der Waals surface area (Å²) >= 11 is 0. The molecule has 1 rings (SSSR count). The number of hydrogen-bond donors (Lipinski definition) is 1. The molecule has 3 nitrogen and oxygen atoms in total. The van der Waals surface area contributed by atoms with Crippen LogP contribution < -0.4 is 0 Å². The second kappa shape index (κ2) is 3.32. The molecule has 1 aliphatic heterocycles. The van der Waals surface area contributed by atoms with Gasteiger partial charge in [-0.25, -0.2) is 0 Å². The lowest BCUT2D eigenvalue weighted by Crippen LogP contribution is -2.44. The Bertz CT molecular complexity index is 99.0. The molecule has 3 heteroatoms. The molecule has 10 heavy (non-hydrogen) atoms. The highest BCUT2D eigenvalue weighted by Crippen LogP contribution is 2.25. The van der Waals surface area contributed by atoms with Gasteiger partial charge in [-0.15, -0.1) is 0 Å². The van der Waals surface area contributed by atoms with E-state index < -0.39 is 0 Å². The number of rotatable bonds is 4. The van der Waals surface area contributed by atoms with Gasteiger partial charge in [0.05, 0.1) is 32.0 Å². The van der Waals surface area contributed by atoms with Crippen LogP contribution in [0.3, 0.4) is 0 Å². The number of aliphatic hydroxyl groups excluding tert-OH is 1. The lowest BCUT2D eigenvalue weighted by atomic mass is 9.99. The van der Waals surface area contributed by atoms with Crippen molar-refractivity contribution in [3.8, 4) is 0 Å². The van der Waals surface area contributed by atoms with E-state index in [4.69, 9.17) is 14.6 Å². The van der Waals surface area contributed by atoms with Crippen LogP contribution in [0.4, 0.5) is 0 Å². The summed E-state index contributed by atoms with van der Waals surface area (Å²) < 4.78 is 10.4. The van der Waals surface area contributed by atoms with Gasteiger partial charge in [-0.1, -0.05) is 0 Å². The minimum Gasteiger partial charge on any atom is -0.394 e. The highest BCUT2D eigenvalue weighted by atomic mass is 16.6. The minimum atomic E-state index is -0.0603. The maximum atomic E-state index is 8.39. The van der Waals surface area contributed by atoms with Gasteiger partial charge in [-0.05, 0) is 6.92 Å². The van der Waals surface area contributed by atoms with Crippen LogP contribution >= 0.6 is 0 Å². The first-order valence-electron chi connectivity index (χ1n) is 3.59. The van der Waals surface area contributed by atoms with Crippen LogP contribution in [0.15, 0.2) is 0 Å². The first-order valence-corrected chi connectivity index (χ1v) is 3.59. The smallest absolute Gasteiger partial charge is 0.0908 e. The lowest BCUT2D eigenvalue weighted by molar-refractivity contribution is -0.170. The normalized spacial score (nSPS) is 31.8. The van der Waals surface area contributed by atoms with Crippen molar-refractivity contribution in [3.63, 3.8) is 0 Å². The van der Waals surface area contributed by atoms with E-state index in [1.54, 1.807) is 0 Å².